The van der Waals surface area contributed by atoms with E-state index in [0.29, 0.717) is 16.8 Å². The van der Waals surface area contributed by atoms with Gasteiger partial charge in [0.1, 0.15) is 0 Å². The maximum atomic E-state index is 13.2. The zero-order chi connectivity index (χ0) is 24.3. The van der Waals surface area contributed by atoms with Gasteiger partial charge in [-0.25, -0.2) is 4.79 Å². The molecule has 0 aromatic heterocycles. The molecular weight excluding hydrogens is 420 g/mol. The summed E-state index contributed by atoms with van der Waals surface area (Å²) in [5.74, 6) is -1.000. The van der Waals surface area contributed by atoms with Crippen LogP contribution in [0.25, 0.3) is 0 Å². The zero-order valence-electron chi connectivity index (χ0n) is 19.8. The van der Waals surface area contributed by atoms with Crippen molar-refractivity contribution < 1.29 is 19.2 Å². The van der Waals surface area contributed by atoms with Crippen LogP contribution in [-0.2, 0) is 26.3 Å². The topological polar surface area (TPSA) is 89.8 Å². The summed E-state index contributed by atoms with van der Waals surface area (Å²) in [6.07, 6.45) is 0.120. The van der Waals surface area contributed by atoms with Crippen LogP contribution in [0.4, 0.5) is 5.69 Å². The zero-order valence-corrected chi connectivity index (χ0v) is 19.8. The van der Waals surface area contributed by atoms with Crippen LogP contribution in [0, 0.1) is 10.1 Å². The van der Waals surface area contributed by atoms with Crippen molar-refractivity contribution in [3.8, 4) is 0 Å². The first-order valence-corrected chi connectivity index (χ1v) is 11.0. The lowest BCUT2D eigenvalue weighted by molar-refractivity contribution is -0.384. The lowest BCUT2D eigenvalue weighted by Crippen LogP contribution is -2.38. The molecule has 1 aliphatic heterocycles. The van der Waals surface area contributed by atoms with E-state index in [0.717, 1.165) is 5.56 Å². The molecule has 174 valence electrons. The molecule has 0 aliphatic carbocycles. The lowest BCUT2D eigenvalue weighted by atomic mass is 9.81. The lowest BCUT2D eigenvalue weighted by Gasteiger charge is -2.34. The fourth-order valence-electron chi connectivity index (χ4n) is 4.13. The van der Waals surface area contributed by atoms with E-state index in [9.17, 15) is 19.7 Å². The number of rotatable bonds is 6. The molecule has 1 amide bonds. The van der Waals surface area contributed by atoms with Gasteiger partial charge in [0.25, 0.3) is 5.69 Å². The van der Waals surface area contributed by atoms with E-state index < -0.39 is 16.8 Å². The largest absolute Gasteiger partial charge is 0.463 e. The number of hydrogen-bond donors (Lipinski definition) is 0. The summed E-state index contributed by atoms with van der Waals surface area (Å²) in [7, 11) is 0. The van der Waals surface area contributed by atoms with Crippen molar-refractivity contribution in [1.29, 1.82) is 0 Å². The van der Waals surface area contributed by atoms with Crippen LogP contribution >= 0.6 is 0 Å². The third-order valence-corrected chi connectivity index (χ3v) is 5.96. The molecule has 0 bridgehead atoms. The maximum Gasteiger partial charge on any atom is 0.336 e. The van der Waals surface area contributed by atoms with Gasteiger partial charge in [-0.1, -0.05) is 57.2 Å². The van der Waals surface area contributed by atoms with Gasteiger partial charge in [-0.05, 0) is 36.0 Å². The van der Waals surface area contributed by atoms with Crippen molar-refractivity contribution >= 4 is 17.6 Å². The minimum Gasteiger partial charge on any atom is -0.463 e. The van der Waals surface area contributed by atoms with Crippen molar-refractivity contribution in [3.05, 3.63) is 86.6 Å². The summed E-state index contributed by atoms with van der Waals surface area (Å²) in [5, 5.41) is 11.1. The Hall–Kier alpha value is -3.48. The molecule has 3 rings (SSSR count). The first-order valence-electron chi connectivity index (χ1n) is 11.0. The average Bonchev–Trinajstić information content (AvgIpc) is 2.76. The van der Waals surface area contributed by atoms with Crippen molar-refractivity contribution in [1.82, 2.24) is 4.90 Å². The molecule has 0 N–H and O–H groups in total. The normalized spacial score (nSPS) is 16.7. The average molecular weight is 451 g/mol. The number of benzene rings is 2. The van der Waals surface area contributed by atoms with Gasteiger partial charge in [0, 0.05) is 30.2 Å². The van der Waals surface area contributed by atoms with E-state index >= 15 is 0 Å². The highest BCUT2D eigenvalue weighted by Gasteiger charge is 2.37. The molecule has 0 saturated heterocycles. The highest BCUT2D eigenvalue weighted by molar-refractivity contribution is 5.95. The van der Waals surface area contributed by atoms with Crippen molar-refractivity contribution in [3.63, 3.8) is 0 Å². The summed E-state index contributed by atoms with van der Waals surface area (Å²) in [4.78, 5) is 38.3. The third-order valence-electron chi connectivity index (χ3n) is 5.96. The molecule has 0 radical (unpaired) electrons. The molecule has 1 heterocycles. The number of carbonyl (C=O) groups is 2. The Labute approximate surface area is 194 Å². The minimum atomic E-state index is -0.467. The van der Waals surface area contributed by atoms with Gasteiger partial charge in [0.2, 0.25) is 5.91 Å². The maximum absolute atomic E-state index is 13.2. The summed E-state index contributed by atoms with van der Waals surface area (Å²) >= 11 is 0. The van der Waals surface area contributed by atoms with Crippen LogP contribution in [0.2, 0.25) is 0 Å². The molecule has 0 spiro atoms. The Morgan fingerprint density at radius 3 is 2.42 bits per heavy atom. The van der Waals surface area contributed by atoms with Crippen LogP contribution in [0.3, 0.4) is 0 Å². The predicted octanol–water partition coefficient (Wildman–Crippen LogP) is 5.25. The molecule has 0 saturated carbocycles. The molecule has 2 aromatic rings. The van der Waals surface area contributed by atoms with Gasteiger partial charge >= 0.3 is 5.97 Å². The Kier molecular flexibility index (Phi) is 7.01. The predicted molar refractivity (Wildman–Crippen MR) is 125 cm³/mol. The monoisotopic (exact) mass is 450 g/mol. The smallest absolute Gasteiger partial charge is 0.336 e. The molecule has 7 nitrogen and oxygen atoms in total. The van der Waals surface area contributed by atoms with E-state index in [1.165, 1.54) is 22.6 Å². The Balaban J connectivity index is 2.01. The number of carbonyl (C=O) groups excluding carboxylic acids is 2. The van der Waals surface area contributed by atoms with Crippen LogP contribution in [0.5, 0.6) is 0 Å². The highest BCUT2D eigenvalue weighted by atomic mass is 16.6. The van der Waals surface area contributed by atoms with E-state index in [1.807, 2.05) is 24.3 Å². The van der Waals surface area contributed by atoms with Crippen molar-refractivity contribution in [2.45, 2.75) is 58.9 Å². The second-order valence-electron chi connectivity index (χ2n) is 9.26. The number of ether oxygens (including phenoxy) is 1. The number of amides is 1. The fraction of sp³-hybridized carbons (Fsp3) is 0.385. The summed E-state index contributed by atoms with van der Waals surface area (Å²) in [5.41, 5.74) is 3.58. The number of esters is 1. The van der Waals surface area contributed by atoms with Gasteiger partial charge in [-0.2, -0.15) is 0 Å². The SMILES string of the molecule is CCOC(=O)C1=C(C)N(Cc2cccc([N+](=O)[O-])c2)C(=O)CC1c1ccc(C(C)(C)C)cc1. The van der Waals surface area contributed by atoms with Crippen molar-refractivity contribution in [2.75, 3.05) is 6.61 Å². The molecule has 1 aliphatic rings. The van der Waals surface area contributed by atoms with Gasteiger partial charge in [0.05, 0.1) is 23.6 Å². The van der Waals surface area contributed by atoms with E-state index in [4.69, 9.17) is 4.74 Å². The fourth-order valence-corrected chi connectivity index (χ4v) is 4.13. The Morgan fingerprint density at radius 1 is 1.18 bits per heavy atom. The first kappa shape index (κ1) is 24.2. The summed E-state index contributed by atoms with van der Waals surface area (Å²) in [6, 6.07) is 14.2. The number of nitro benzene ring substituents is 1. The third kappa shape index (κ3) is 5.30. The van der Waals surface area contributed by atoms with Crippen molar-refractivity contribution in [2.24, 2.45) is 0 Å². The highest BCUT2D eigenvalue weighted by Crippen LogP contribution is 2.38. The summed E-state index contributed by atoms with van der Waals surface area (Å²) < 4.78 is 5.34. The van der Waals surface area contributed by atoms with Crippen LogP contribution in [-0.4, -0.2) is 28.3 Å². The number of non-ortho nitro benzene ring substituents is 1. The van der Waals surface area contributed by atoms with Gasteiger partial charge < -0.3 is 9.64 Å². The quantitative estimate of drug-likeness (QED) is 0.341. The Morgan fingerprint density at radius 2 is 1.85 bits per heavy atom. The molecule has 2 aromatic carbocycles. The number of allylic oxidation sites excluding steroid dienone is 1. The van der Waals surface area contributed by atoms with Crippen LogP contribution in [0.15, 0.2) is 59.8 Å². The van der Waals surface area contributed by atoms with Crippen LogP contribution in [0.1, 0.15) is 63.6 Å². The van der Waals surface area contributed by atoms with Gasteiger partial charge in [-0.3, -0.25) is 14.9 Å². The Bertz CT molecular complexity index is 1100. The standard InChI is InChI=1S/C26H30N2O5/c1-6-33-25(30)24-17(2)27(16-18-8-7-9-21(14-18)28(31)32)23(29)15-22(24)19-10-12-20(13-11-19)26(3,4)5/h7-14,22H,6,15-16H2,1-5H3. The van der Waals surface area contributed by atoms with E-state index in [2.05, 4.69) is 20.8 Å². The number of nitro groups is 1. The molecule has 0 fully saturated rings. The number of nitrogens with zero attached hydrogens (tertiary/aromatic N) is 2. The second kappa shape index (κ2) is 9.57. The second-order valence-corrected chi connectivity index (χ2v) is 9.26. The molecule has 33 heavy (non-hydrogen) atoms. The van der Waals surface area contributed by atoms with Gasteiger partial charge in [-0.15, -0.1) is 0 Å². The first-order chi connectivity index (χ1) is 15.5. The van der Waals surface area contributed by atoms with Gasteiger partial charge in [0.15, 0.2) is 0 Å². The molecule has 1 atom stereocenters. The minimum absolute atomic E-state index is 0.00820. The molecule has 7 heteroatoms. The van der Waals surface area contributed by atoms with E-state index in [-0.39, 0.29) is 36.6 Å². The molecule has 1 unspecified atom stereocenters. The number of hydrogen-bond acceptors (Lipinski definition) is 5. The molecular formula is C26H30N2O5. The summed E-state index contributed by atoms with van der Waals surface area (Å²) in [6.45, 7) is 10.2. The van der Waals surface area contributed by atoms with E-state index in [1.54, 1.807) is 26.0 Å². The van der Waals surface area contributed by atoms with Crippen LogP contribution < -0.4 is 0 Å².